The van der Waals surface area contributed by atoms with Gasteiger partial charge in [-0.2, -0.15) is 5.10 Å². The quantitative estimate of drug-likeness (QED) is 0.921. The van der Waals surface area contributed by atoms with Crippen LogP contribution in [0.3, 0.4) is 0 Å². The first-order valence-corrected chi connectivity index (χ1v) is 6.34. The molecule has 1 aromatic carbocycles. The van der Waals surface area contributed by atoms with E-state index in [1.54, 1.807) is 25.1 Å². The van der Waals surface area contributed by atoms with Gasteiger partial charge in [-0.15, -0.1) is 0 Å². The van der Waals surface area contributed by atoms with Crippen LogP contribution in [0.2, 0.25) is 0 Å². The molecule has 5 heteroatoms. The molecule has 0 saturated carbocycles. The highest BCUT2D eigenvalue weighted by Crippen LogP contribution is 2.16. The fraction of sp³-hybridized carbons (Fsp3) is 0.267. The fourth-order valence-corrected chi connectivity index (χ4v) is 1.89. The van der Waals surface area contributed by atoms with E-state index in [4.69, 9.17) is 5.11 Å². The van der Waals surface area contributed by atoms with Crippen molar-refractivity contribution >= 4 is 5.97 Å². The van der Waals surface area contributed by atoms with Gasteiger partial charge in [0.1, 0.15) is 0 Å². The van der Waals surface area contributed by atoms with Crippen LogP contribution in [0.25, 0.3) is 0 Å². The molecule has 0 saturated heterocycles. The second-order valence-electron chi connectivity index (χ2n) is 4.77. The maximum absolute atomic E-state index is 11.7. The van der Waals surface area contributed by atoms with Crippen LogP contribution in [-0.4, -0.2) is 20.9 Å². The third-order valence-corrected chi connectivity index (χ3v) is 3.18. The number of hydrogen-bond acceptors (Lipinski definition) is 3. The number of aryl methyl sites for hydroxylation is 1. The second-order valence-corrected chi connectivity index (χ2v) is 4.77. The summed E-state index contributed by atoms with van der Waals surface area (Å²) >= 11 is 0. The molecule has 0 aliphatic heterocycles. The lowest BCUT2D eigenvalue weighted by atomic mass is 10.0. The molecule has 0 bridgehead atoms. The third-order valence-electron chi connectivity index (χ3n) is 3.18. The molecular weight excluding hydrogens is 256 g/mol. The smallest absolute Gasteiger partial charge is 0.310 e. The predicted octanol–water partition coefficient (Wildman–Crippen LogP) is 1.79. The minimum atomic E-state index is -0.852. The molecule has 0 amide bonds. The predicted molar refractivity (Wildman–Crippen MR) is 74.8 cm³/mol. The van der Waals surface area contributed by atoms with Crippen molar-refractivity contribution in [2.75, 3.05) is 0 Å². The Morgan fingerprint density at radius 1 is 1.25 bits per heavy atom. The van der Waals surface area contributed by atoms with Crippen molar-refractivity contribution in [2.24, 2.45) is 0 Å². The number of nitrogens with zero attached hydrogens (tertiary/aromatic N) is 2. The molecule has 1 aromatic heterocycles. The van der Waals surface area contributed by atoms with Gasteiger partial charge >= 0.3 is 5.97 Å². The van der Waals surface area contributed by atoms with Crippen molar-refractivity contribution in [3.63, 3.8) is 0 Å². The van der Waals surface area contributed by atoms with Crippen LogP contribution in [0, 0.1) is 6.92 Å². The number of carbonyl (C=O) groups is 1. The molecule has 0 spiro atoms. The average molecular weight is 272 g/mol. The van der Waals surface area contributed by atoms with E-state index in [9.17, 15) is 9.59 Å². The van der Waals surface area contributed by atoms with Crippen LogP contribution in [0.4, 0.5) is 0 Å². The summed E-state index contributed by atoms with van der Waals surface area (Å²) in [6, 6.07) is 10.4. The SMILES string of the molecule is Cc1ccc(=O)n(Cc2ccc(C(C)C(=O)O)cc2)n1. The third kappa shape index (κ3) is 3.12. The summed E-state index contributed by atoms with van der Waals surface area (Å²) in [5, 5.41) is 13.1. The van der Waals surface area contributed by atoms with Gasteiger partial charge in [-0.05, 0) is 31.0 Å². The van der Waals surface area contributed by atoms with Crippen molar-refractivity contribution in [3.05, 3.63) is 63.6 Å². The molecule has 0 aliphatic carbocycles. The summed E-state index contributed by atoms with van der Waals surface area (Å²) in [5.74, 6) is -1.39. The molecule has 2 rings (SSSR count). The summed E-state index contributed by atoms with van der Waals surface area (Å²) < 4.78 is 1.39. The lowest BCUT2D eigenvalue weighted by Crippen LogP contribution is -2.23. The van der Waals surface area contributed by atoms with Gasteiger partial charge in [0.05, 0.1) is 18.2 Å². The number of carboxylic acids is 1. The summed E-state index contributed by atoms with van der Waals surface area (Å²) in [6.07, 6.45) is 0. The van der Waals surface area contributed by atoms with Crippen LogP contribution in [-0.2, 0) is 11.3 Å². The molecular formula is C15H16N2O3. The molecule has 0 aliphatic rings. The Bertz CT molecular complexity index is 674. The number of hydrogen-bond donors (Lipinski definition) is 1. The van der Waals surface area contributed by atoms with Gasteiger partial charge in [0, 0.05) is 6.07 Å². The maximum Gasteiger partial charge on any atom is 0.310 e. The highest BCUT2D eigenvalue weighted by atomic mass is 16.4. The van der Waals surface area contributed by atoms with E-state index in [2.05, 4.69) is 5.10 Å². The van der Waals surface area contributed by atoms with E-state index >= 15 is 0 Å². The van der Waals surface area contributed by atoms with E-state index in [-0.39, 0.29) is 5.56 Å². The van der Waals surface area contributed by atoms with Gasteiger partial charge in [-0.1, -0.05) is 24.3 Å². The van der Waals surface area contributed by atoms with Crippen molar-refractivity contribution in [2.45, 2.75) is 26.3 Å². The molecule has 104 valence electrons. The van der Waals surface area contributed by atoms with Gasteiger partial charge in [-0.3, -0.25) is 9.59 Å². The Hall–Kier alpha value is -2.43. The molecule has 1 atom stereocenters. The lowest BCUT2D eigenvalue weighted by molar-refractivity contribution is -0.138. The first kappa shape index (κ1) is 14.0. The van der Waals surface area contributed by atoms with Gasteiger partial charge in [0.2, 0.25) is 0 Å². The molecule has 1 N–H and O–H groups in total. The van der Waals surface area contributed by atoms with Crippen molar-refractivity contribution in [1.82, 2.24) is 9.78 Å². The Morgan fingerprint density at radius 2 is 1.90 bits per heavy atom. The van der Waals surface area contributed by atoms with E-state index in [0.717, 1.165) is 16.8 Å². The fourth-order valence-electron chi connectivity index (χ4n) is 1.89. The normalized spacial score (nSPS) is 12.1. The highest BCUT2D eigenvalue weighted by molar-refractivity contribution is 5.75. The van der Waals surface area contributed by atoms with Gasteiger partial charge in [0.25, 0.3) is 5.56 Å². The number of aromatic nitrogens is 2. The van der Waals surface area contributed by atoms with E-state index in [1.165, 1.54) is 10.7 Å². The number of carboxylic acid groups (broad SMARTS) is 1. The Balaban J connectivity index is 2.21. The van der Waals surface area contributed by atoms with Gasteiger partial charge in [-0.25, -0.2) is 4.68 Å². The Kier molecular flexibility index (Phi) is 3.98. The summed E-state index contributed by atoms with van der Waals surface area (Å²) in [5.41, 5.74) is 2.27. The minimum absolute atomic E-state index is 0.154. The summed E-state index contributed by atoms with van der Waals surface area (Å²) in [7, 11) is 0. The first-order chi connectivity index (χ1) is 9.47. The molecule has 2 aromatic rings. The van der Waals surface area contributed by atoms with Crippen molar-refractivity contribution in [3.8, 4) is 0 Å². The zero-order valence-corrected chi connectivity index (χ0v) is 11.4. The average Bonchev–Trinajstić information content (AvgIpc) is 2.43. The van der Waals surface area contributed by atoms with Gasteiger partial charge in [0.15, 0.2) is 0 Å². The topological polar surface area (TPSA) is 72.2 Å². The van der Waals surface area contributed by atoms with E-state index < -0.39 is 11.9 Å². The van der Waals surface area contributed by atoms with Gasteiger partial charge < -0.3 is 5.11 Å². The Morgan fingerprint density at radius 3 is 2.50 bits per heavy atom. The van der Waals surface area contributed by atoms with E-state index in [0.29, 0.717) is 6.54 Å². The Labute approximate surface area is 116 Å². The molecule has 1 unspecified atom stereocenters. The van der Waals surface area contributed by atoms with Crippen molar-refractivity contribution in [1.29, 1.82) is 0 Å². The first-order valence-electron chi connectivity index (χ1n) is 6.34. The monoisotopic (exact) mass is 272 g/mol. The summed E-state index contributed by atoms with van der Waals surface area (Å²) in [6.45, 7) is 3.85. The zero-order valence-electron chi connectivity index (χ0n) is 11.4. The van der Waals surface area contributed by atoms with Crippen LogP contribution in [0.5, 0.6) is 0 Å². The zero-order chi connectivity index (χ0) is 14.7. The van der Waals surface area contributed by atoms with Crippen LogP contribution >= 0.6 is 0 Å². The molecule has 1 heterocycles. The van der Waals surface area contributed by atoms with E-state index in [1.807, 2.05) is 19.1 Å². The molecule has 20 heavy (non-hydrogen) atoms. The number of benzene rings is 1. The molecule has 5 nitrogen and oxygen atoms in total. The largest absolute Gasteiger partial charge is 0.481 e. The number of aliphatic carboxylic acids is 1. The minimum Gasteiger partial charge on any atom is -0.481 e. The lowest BCUT2D eigenvalue weighted by Gasteiger charge is -2.09. The molecule has 0 fully saturated rings. The second kappa shape index (κ2) is 5.69. The van der Waals surface area contributed by atoms with Crippen LogP contribution in [0.15, 0.2) is 41.2 Å². The van der Waals surface area contributed by atoms with Crippen LogP contribution in [0.1, 0.15) is 29.7 Å². The maximum atomic E-state index is 11.7. The van der Waals surface area contributed by atoms with Crippen LogP contribution < -0.4 is 5.56 Å². The van der Waals surface area contributed by atoms with Crippen molar-refractivity contribution < 1.29 is 9.90 Å². The number of rotatable bonds is 4. The summed E-state index contributed by atoms with van der Waals surface area (Å²) in [4.78, 5) is 22.6. The standard InChI is InChI=1S/C15H16N2O3/c1-10-3-8-14(18)17(16-10)9-12-4-6-13(7-5-12)11(2)15(19)20/h3-8,11H,9H2,1-2H3,(H,19,20). The molecule has 0 radical (unpaired) electrons. The highest BCUT2D eigenvalue weighted by Gasteiger charge is 2.13.